The number of halogens is 1. The number of rotatable bonds is 15. The van der Waals surface area contributed by atoms with Gasteiger partial charge in [0.25, 0.3) is 8.32 Å². The molecule has 2 fully saturated rings. The number of likely N-dealkylation sites (tertiary alicyclic amines) is 2. The molecule has 2 saturated heterocycles. The molecule has 2 amide bonds. The summed E-state index contributed by atoms with van der Waals surface area (Å²) in [5, 5.41) is 36.3. The Labute approximate surface area is 371 Å². The van der Waals surface area contributed by atoms with E-state index in [0.29, 0.717) is 43.2 Å². The fraction of sp³-hybridized carbons (Fsp3) is 0.412. The summed E-state index contributed by atoms with van der Waals surface area (Å²) in [5.41, 5.74) is 4.40. The largest absolute Gasteiger partial charge is 0.507 e. The number of aliphatic hydroxyl groups excluding tert-OH is 2. The molecule has 61 heavy (non-hydrogen) atoms. The van der Waals surface area contributed by atoms with Crippen molar-refractivity contribution in [3.8, 4) is 5.75 Å². The van der Waals surface area contributed by atoms with Gasteiger partial charge < -0.3 is 19.7 Å². The summed E-state index contributed by atoms with van der Waals surface area (Å²) < 4.78 is 8.33. The van der Waals surface area contributed by atoms with E-state index < -0.39 is 32.2 Å². The Morgan fingerprint density at radius 1 is 0.902 bits per heavy atom. The van der Waals surface area contributed by atoms with Gasteiger partial charge in [-0.3, -0.25) is 19.4 Å². The van der Waals surface area contributed by atoms with Crippen molar-refractivity contribution < 1.29 is 29.3 Å². The van der Waals surface area contributed by atoms with Crippen molar-refractivity contribution in [3.63, 3.8) is 0 Å². The molecule has 4 aromatic rings. The van der Waals surface area contributed by atoms with E-state index in [4.69, 9.17) is 4.43 Å². The van der Waals surface area contributed by atoms with Crippen LogP contribution in [0.25, 0.3) is 6.08 Å². The van der Waals surface area contributed by atoms with Gasteiger partial charge in [0.15, 0.2) is 0 Å². The molecule has 0 spiro atoms. The number of aromatic hydroxyl groups is 1. The second kappa shape index (κ2) is 19.5. The Bertz CT molecular complexity index is 2160. The van der Waals surface area contributed by atoms with Crippen LogP contribution in [-0.4, -0.2) is 83.7 Å². The lowest BCUT2D eigenvalue weighted by atomic mass is 9.68. The predicted octanol–water partition coefficient (Wildman–Crippen LogP) is 8.24. The lowest BCUT2D eigenvalue weighted by molar-refractivity contribution is -0.144. The molecule has 7 rings (SSSR count). The van der Waals surface area contributed by atoms with Gasteiger partial charge in [-0.25, -0.2) is 0 Å². The molecule has 4 atom stereocenters. The Hall–Kier alpha value is -4.16. The summed E-state index contributed by atoms with van der Waals surface area (Å²) in [5.74, 6) is -2.38. The molecular weight excluding hydrogens is 845 g/mol. The summed E-state index contributed by atoms with van der Waals surface area (Å²) in [6.07, 6.45) is 4.22. The summed E-state index contributed by atoms with van der Waals surface area (Å²) in [4.78, 5) is 33.2. The second-order valence-corrected chi connectivity index (χ2v) is 23.3. The minimum atomic E-state index is -3.05. The van der Waals surface area contributed by atoms with Crippen molar-refractivity contribution in [2.24, 2.45) is 17.8 Å². The molecule has 0 bridgehead atoms. The SMILES string of the molecule is CC/C(=C\c1cc(Br)ccc1O)CC[C@@H](O)C1=C(CO[Si](c2ccccc2)(c2ccccc2)C(C)(C)C)C[C@H]2C(=O)N(C3CCN(Cc4ccccc4)CC3)C(=O)[C@H]2[C@H]1CO. The Morgan fingerprint density at radius 3 is 2.08 bits per heavy atom. The number of piperidine rings is 1. The smallest absolute Gasteiger partial charge is 0.261 e. The summed E-state index contributed by atoms with van der Waals surface area (Å²) in [7, 11) is -3.05. The number of fused-ring (bicyclic) bond motifs is 1. The van der Waals surface area contributed by atoms with E-state index in [-0.39, 0.29) is 48.3 Å². The molecule has 2 heterocycles. The van der Waals surface area contributed by atoms with Crippen molar-refractivity contribution in [1.82, 2.24) is 9.80 Å². The highest BCUT2D eigenvalue weighted by Crippen LogP contribution is 2.48. The maximum Gasteiger partial charge on any atom is 0.261 e. The molecule has 0 saturated carbocycles. The van der Waals surface area contributed by atoms with Crippen molar-refractivity contribution in [2.75, 3.05) is 26.3 Å². The Morgan fingerprint density at radius 2 is 1.51 bits per heavy atom. The number of nitrogens with zero attached hydrogens (tertiary/aromatic N) is 2. The van der Waals surface area contributed by atoms with Gasteiger partial charge in [0.1, 0.15) is 5.75 Å². The summed E-state index contributed by atoms with van der Waals surface area (Å²) >= 11 is 3.51. The van der Waals surface area contributed by atoms with Crippen LogP contribution in [0.4, 0.5) is 0 Å². The fourth-order valence-electron chi connectivity index (χ4n) is 10.3. The minimum Gasteiger partial charge on any atom is -0.507 e. The van der Waals surface area contributed by atoms with Crippen LogP contribution in [0, 0.1) is 17.8 Å². The molecule has 8 nitrogen and oxygen atoms in total. The average molecular weight is 906 g/mol. The number of aliphatic hydroxyl groups is 2. The van der Waals surface area contributed by atoms with Gasteiger partial charge >= 0.3 is 0 Å². The van der Waals surface area contributed by atoms with E-state index in [2.05, 4.69) is 84.9 Å². The fourth-order valence-corrected chi connectivity index (χ4v) is 15.2. The molecule has 4 aromatic carbocycles. The molecule has 322 valence electrons. The van der Waals surface area contributed by atoms with E-state index >= 15 is 0 Å². The first-order chi connectivity index (χ1) is 29.4. The van der Waals surface area contributed by atoms with E-state index in [0.717, 1.165) is 45.6 Å². The number of carbonyl (C=O) groups is 2. The monoisotopic (exact) mass is 904 g/mol. The molecule has 10 heteroatoms. The molecular formula is C51H61BrN2O6Si. The molecule has 2 aliphatic heterocycles. The third kappa shape index (κ3) is 9.45. The zero-order valence-corrected chi connectivity index (χ0v) is 38.6. The topological polar surface area (TPSA) is 111 Å². The number of hydrogen-bond acceptors (Lipinski definition) is 7. The number of imide groups is 1. The van der Waals surface area contributed by atoms with Gasteiger partial charge in [0, 0.05) is 41.6 Å². The number of phenolic OH excluding ortho intramolecular Hbond substituents is 1. The lowest BCUT2D eigenvalue weighted by Gasteiger charge is -2.44. The highest BCUT2D eigenvalue weighted by Gasteiger charge is 2.57. The maximum absolute atomic E-state index is 14.7. The van der Waals surface area contributed by atoms with Gasteiger partial charge in [0.2, 0.25) is 11.8 Å². The van der Waals surface area contributed by atoms with Gasteiger partial charge in [-0.2, -0.15) is 0 Å². The molecule has 0 radical (unpaired) electrons. The number of hydrogen-bond donors (Lipinski definition) is 3. The van der Waals surface area contributed by atoms with Crippen LogP contribution in [0.2, 0.25) is 5.04 Å². The van der Waals surface area contributed by atoms with Crippen LogP contribution in [0.5, 0.6) is 5.75 Å². The Balaban J connectivity index is 1.22. The van der Waals surface area contributed by atoms with Crippen molar-refractivity contribution in [2.45, 2.75) is 89.9 Å². The van der Waals surface area contributed by atoms with E-state index in [1.165, 1.54) is 10.5 Å². The highest BCUT2D eigenvalue weighted by atomic mass is 79.9. The molecule has 0 aromatic heterocycles. The van der Waals surface area contributed by atoms with E-state index in [1.54, 1.807) is 12.1 Å². The van der Waals surface area contributed by atoms with Crippen LogP contribution in [0.3, 0.4) is 0 Å². The molecule has 1 aliphatic carbocycles. The summed E-state index contributed by atoms with van der Waals surface area (Å²) in [6.45, 7) is 10.9. The van der Waals surface area contributed by atoms with Crippen LogP contribution in [-0.2, 0) is 20.6 Å². The quantitative estimate of drug-likeness (QED) is 0.0627. The molecule has 3 aliphatic rings. The van der Waals surface area contributed by atoms with Crippen molar-refractivity contribution >= 4 is 52.5 Å². The van der Waals surface area contributed by atoms with E-state index in [9.17, 15) is 24.9 Å². The van der Waals surface area contributed by atoms with Crippen molar-refractivity contribution in [1.29, 1.82) is 0 Å². The standard InChI is InChI=1S/C51H61BrN2O6Si/c1-5-35(29-37-30-39(52)22-24-45(37)56)21-23-46(57)47-38(34-60-61(51(2,3)4,41-17-11-7-12-18-41)42-19-13-8-14-20-42)31-43-48(44(47)33-55)50(59)54(49(43)58)40-25-27-53(28-26-40)32-36-15-9-6-10-16-36/h6-20,22,24,29-30,40,43-44,46,48,55-57H,5,21,23,25-28,31-34H2,1-4H3/b35-29+/t43-,44+,46-,48-/m1/s1. The van der Waals surface area contributed by atoms with Crippen LogP contribution in [0.15, 0.2) is 130 Å². The van der Waals surface area contributed by atoms with Gasteiger partial charge in [-0.1, -0.05) is 146 Å². The van der Waals surface area contributed by atoms with Gasteiger partial charge in [-0.15, -0.1) is 0 Å². The highest BCUT2D eigenvalue weighted by molar-refractivity contribution is 9.10. The van der Waals surface area contributed by atoms with Crippen LogP contribution >= 0.6 is 15.9 Å². The third-order valence-corrected chi connectivity index (χ3v) is 18.8. The molecule has 3 N–H and O–H groups in total. The van der Waals surface area contributed by atoms with Crippen LogP contribution < -0.4 is 10.4 Å². The minimum absolute atomic E-state index is 0.154. The first kappa shape index (κ1) is 44.9. The summed E-state index contributed by atoms with van der Waals surface area (Å²) in [6, 6.07) is 36.3. The predicted molar refractivity (Wildman–Crippen MR) is 249 cm³/mol. The number of allylic oxidation sites excluding steroid dienone is 1. The number of amides is 2. The number of phenols is 1. The van der Waals surface area contributed by atoms with E-state index in [1.807, 2.05) is 66.7 Å². The number of carbonyl (C=O) groups excluding carboxylic acids is 2. The van der Waals surface area contributed by atoms with Crippen molar-refractivity contribution in [3.05, 3.63) is 142 Å². The maximum atomic E-state index is 14.7. The third-order valence-electron chi connectivity index (χ3n) is 13.4. The first-order valence-electron chi connectivity index (χ1n) is 21.9. The van der Waals surface area contributed by atoms with Gasteiger partial charge in [-0.05, 0) is 88.8 Å². The molecule has 0 unspecified atom stereocenters. The van der Waals surface area contributed by atoms with Gasteiger partial charge in [0.05, 0.1) is 31.2 Å². The number of benzene rings is 4. The first-order valence-corrected chi connectivity index (χ1v) is 24.6. The van der Waals surface area contributed by atoms with Crippen LogP contribution in [0.1, 0.15) is 77.3 Å². The average Bonchev–Trinajstić information content (AvgIpc) is 3.51. The second-order valence-electron chi connectivity index (χ2n) is 18.1. The lowest BCUT2D eigenvalue weighted by Crippen LogP contribution is -2.66. The Kier molecular flexibility index (Phi) is 14.3. The zero-order chi connectivity index (χ0) is 43.3. The normalized spacial score (nSPS) is 21.3. The zero-order valence-electron chi connectivity index (χ0n) is 36.0.